The molecule has 4 heterocycles. The van der Waals surface area contributed by atoms with Gasteiger partial charge in [0.05, 0.1) is 48.0 Å². The number of hydrogen-bond acceptors (Lipinski definition) is 9. The highest BCUT2D eigenvalue weighted by Gasteiger charge is 2.30. The van der Waals surface area contributed by atoms with E-state index in [2.05, 4.69) is 36.9 Å². The quantitative estimate of drug-likeness (QED) is 0.296. The fraction of sp³-hybridized carbons (Fsp3) is 0.429. The number of ether oxygens (including phenoxy) is 1. The van der Waals surface area contributed by atoms with E-state index in [0.29, 0.717) is 24.1 Å². The third-order valence-electron chi connectivity index (χ3n) is 8.01. The summed E-state index contributed by atoms with van der Waals surface area (Å²) < 4.78 is 8.44. The molecule has 2 saturated carbocycles. The number of nitrogens with one attached hydrogen (secondary N) is 2. The minimum Gasteiger partial charge on any atom is -0.453 e. The Labute approximate surface area is 243 Å². The molecule has 4 aromatic rings. The fourth-order valence-electron chi connectivity index (χ4n) is 5.66. The van der Waals surface area contributed by atoms with Gasteiger partial charge in [-0.05, 0) is 68.7 Å². The molecule has 2 fully saturated rings. The van der Waals surface area contributed by atoms with Crippen LogP contribution >= 0.6 is 12.4 Å². The highest BCUT2D eigenvalue weighted by atomic mass is 35.5. The summed E-state index contributed by atoms with van der Waals surface area (Å²) in [6.45, 7) is 0.588. The number of alkyl carbamates (subject to hydrolysis) is 1. The van der Waals surface area contributed by atoms with Gasteiger partial charge in [0.2, 0.25) is 0 Å². The monoisotopic (exact) mass is 576 g/mol. The third-order valence-corrected chi connectivity index (χ3v) is 8.01. The number of nitriles is 1. The van der Waals surface area contributed by atoms with Crippen LogP contribution in [0.3, 0.4) is 0 Å². The van der Waals surface area contributed by atoms with E-state index in [1.165, 1.54) is 7.11 Å². The molecule has 13 heteroatoms. The van der Waals surface area contributed by atoms with Gasteiger partial charge in [-0.3, -0.25) is 4.98 Å². The van der Waals surface area contributed by atoms with E-state index in [0.717, 1.165) is 72.4 Å². The fourth-order valence-corrected chi connectivity index (χ4v) is 5.66. The Bertz CT molecular complexity index is 1560. The van der Waals surface area contributed by atoms with E-state index in [1.54, 1.807) is 16.8 Å². The number of nitrogens with two attached hydrogens (primary N) is 1. The SMILES string of the molecule is COC(=O)NCC1CC(Nc2cc(-c3ccc4cc(C#N)cnn34)ncc2-c2cn(C3CCC(N)CC3)nn2)C1.Cl. The minimum atomic E-state index is -0.407. The number of aromatic nitrogens is 6. The zero-order valence-electron chi connectivity index (χ0n) is 22.7. The molecule has 0 spiro atoms. The van der Waals surface area contributed by atoms with Crippen molar-refractivity contribution in [2.75, 3.05) is 19.0 Å². The Balaban J connectivity index is 0.00000337. The van der Waals surface area contributed by atoms with Crippen molar-refractivity contribution < 1.29 is 9.53 Å². The molecule has 0 aromatic carbocycles. The lowest BCUT2D eigenvalue weighted by Gasteiger charge is -2.36. The lowest BCUT2D eigenvalue weighted by Crippen LogP contribution is -2.42. The number of pyridine rings is 1. The molecule has 4 aromatic heterocycles. The molecule has 2 aliphatic carbocycles. The van der Waals surface area contributed by atoms with E-state index in [4.69, 9.17) is 10.7 Å². The van der Waals surface area contributed by atoms with Crippen molar-refractivity contribution in [1.82, 2.24) is 34.9 Å². The van der Waals surface area contributed by atoms with Gasteiger partial charge in [0.1, 0.15) is 11.8 Å². The molecule has 2 aliphatic rings. The van der Waals surface area contributed by atoms with Crippen molar-refractivity contribution in [2.45, 2.75) is 56.7 Å². The Kier molecular flexibility index (Phi) is 8.37. The smallest absolute Gasteiger partial charge is 0.406 e. The zero-order valence-corrected chi connectivity index (χ0v) is 23.5. The lowest BCUT2D eigenvalue weighted by atomic mass is 9.80. The van der Waals surface area contributed by atoms with Crippen LogP contribution in [0.5, 0.6) is 0 Å². The second-order valence-corrected chi connectivity index (χ2v) is 10.7. The largest absolute Gasteiger partial charge is 0.453 e. The van der Waals surface area contributed by atoms with Crippen LogP contribution in [-0.2, 0) is 4.74 Å². The van der Waals surface area contributed by atoms with Crippen LogP contribution in [0.4, 0.5) is 10.5 Å². The van der Waals surface area contributed by atoms with Crippen molar-refractivity contribution in [3.63, 3.8) is 0 Å². The van der Waals surface area contributed by atoms with Gasteiger partial charge in [0, 0.05) is 36.1 Å². The van der Waals surface area contributed by atoms with E-state index in [1.807, 2.05) is 35.3 Å². The van der Waals surface area contributed by atoms with Gasteiger partial charge in [-0.1, -0.05) is 5.21 Å². The first kappa shape index (κ1) is 28.3. The molecule has 4 N–H and O–H groups in total. The number of amides is 1. The lowest BCUT2D eigenvalue weighted by molar-refractivity contribution is 0.164. The highest BCUT2D eigenvalue weighted by Crippen LogP contribution is 2.36. The van der Waals surface area contributed by atoms with Crippen molar-refractivity contribution in [1.29, 1.82) is 5.26 Å². The molecule has 0 saturated heterocycles. The maximum Gasteiger partial charge on any atom is 0.406 e. The van der Waals surface area contributed by atoms with Gasteiger partial charge in [-0.2, -0.15) is 10.4 Å². The Morgan fingerprint density at radius 1 is 1.17 bits per heavy atom. The summed E-state index contributed by atoms with van der Waals surface area (Å²) in [7, 11) is 1.37. The standard InChI is InChI=1S/C28H32N10O2.ClH/c1-40-28(39)32-13-17-8-20(9-17)34-24-11-25(27-7-6-22-10-18(12-29)14-33-38(22)27)31-15-23(24)26-16-37(36-35-26)21-4-2-19(30)3-5-21;/h6-7,10-11,14-17,19-21H,2-5,8-9,13,30H2,1H3,(H,31,34)(H,32,39);1H. The maximum absolute atomic E-state index is 11.4. The summed E-state index contributed by atoms with van der Waals surface area (Å²) in [5.41, 5.74) is 11.6. The number of carbonyl (C=O) groups is 1. The Morgan fingerprint density at radius 3 is 2.73 bits per heavy atom. The first-order chi connectivity index (χ1) is 19.5. The van der Waals surface area contributed by atoms with Crippen molar-refractivity contribution >= 4 is 29.7 Å². The second-order valence-electron chi connectivity index (χ2n) is 10.7. The van der Waals surface area contributed by atoms with Crippen LogP contribution in [-0.4, -0.2) is 61.4 Å². The van der Waals surface area contributed by atoms with Gasteiger partial charge >= 0.3 is 6.09 Å². The van der Waals surface area contributed by atoms with Crippen LogP contribution in [0.1, 0.15) is 50.1 Å². The summed E-state index contributed by atoms with van der Waals surface area (Å²) in [6.07, 6.45) is 10.8. The maximum atomic E-state index is 11.4. The van der Waals surface area contributed by atoms with Gasteiger partial charge in [0.15, 0.2) is 0 Å². The Morgan fingerprint density at radius 2 is 1.98 bits per heavy atom. The Hall–Kier alpha value is -4.21. The number of carbonyl (C=O) groups excluding carboxylic acids is 1. The number of hydrogen-bond donors (Lipinski definition) is 3. The van der Waals surface area contributed by atoms with Crippen LogP contribution in [0.2, 0.25) is 0 Å². The molecule has 41 heavy (non-hydrogen) atoms. The van der Waals surface area contributed by atoms with Crippen molar-refractivity contribution in [2.24, 2.45) is 11.7 Å². The van der Waals surface area contributed by atoms with E-state index in [-0.39, 0.29) is 24.5 Å². The molecule has 0 atom stereocenters. The van der Waals surface area contributed by atoms with E-state index in [9.17, 15) is 10.1 Å². The molecule has 0 aliphatic heterocycles. The summed E-state index contributed by atoms with van der Waals surface area (Å²) in [6, 6.07) is 10.7. The average Bonchev–Trinajstić information content (AvgIpc) is 3.61. The number of anilines is 1. The number of rotatable bonds is 7. The molecule has 12 nitrogen and oxygen atoms in total. The predicted molar refractivity (Wildman–Crippen MR) is 155 cm³/mol. The summed E-state index contributed by atoms with van der Waals surface area (Å²) in [5.74, 6) is 0.382. The van der Waals surface area contributed by atoms with Crippen LogP contribution in [0, 0.1) is 17.2 Å². The zero-order chi connectivity index (χ0) is 27.6. The molecule has 0 unspecified atom stereocenters. The van der Waals surface area contributed by atoms with Gasteiger partial charge in [-0.15, -0.1) is 17.5 Å². The average molecular weight is 577 g/mol. The number of methoxy groups -OCH3 is 1. The van der Waals surface area contributed by atoms with Gasteiger partial charge in [0.25, 0.3) is 0 Å². The first-order valence-corrected chi connectivity index (χ1v) is 13.6. The van der Waals surface area contributed by atoms with Crippen LogP contribution in [0.15, 0.2) is 42.9 Å². The predicted octanol–water partition coefficient (Wildman–Crippen LogP) is 3.94. The molecular weight excluding hydrogens is 544 g/mol. The molecule has 1 amide bonds. The number of fused-ring (bicyclic) bond motifs is 1. The summed E-state index contributed by atoms with van der Waals surface area (Å²) >= 11 is 0. The molecule has 0 radical (unpaired) electrons. The topological polar surface area (TPSA) is 161 Å². The first-order valence-electron chi connectivity index (χ1n) is 13.6. The van der Waals surface area contributed by atoms with Crippen molar-refractivity contribution in [3.8, 4) is 28.7 Å². The van der Waals surface area contributed by atoms with Gasteiger partial charge in [-0.25, -0.2) is 14.0 Å². The molecular formula is C28H33ClN10O2. The van der Waals surface area contributed by atoms with Gasteiger partial charge < -0.3 is 21.1 Å². The second kappa shape index (κ2) is 12.1. The van der Waals surface area contributed by atoms with E-state index < -0.39 is 6.09 Å². The van der Waals surface area contributed by atoms with E-state index >= 15 is 0 Å². The highest BCUT2D eigenvalue weighted by molar-refractivity contribution is 5.85. The van der Waals surface area contributed by atoms with Crippen LogP contribution < -0.4 is 16.4 Å². The van der Waals surface area contributed by atoms with Crippen LogP contribution in [0.25, 0.3) is 28.2 Å². The minimum absolute atomic E-state index is 0. The number of halogens is 1. The molecule has 214 valence electrons. The third kappa shape index (κ3) is 5.96. The summed E-state index contributed by atoms with van der Waals surface area (Å²) in [5, 5.41) is 29.1. The molecule has 0 bridgehead atoms. The summed E-state index contributed by atoms with van der Waals surface area (Å²) in [4.78, 5) is 16.2. The normalized spacial score (nSPS) is 21.8. The van der Waals surface area contributed by atoms with Crippen molar-refractivity contribution in [3.05, 3.63) is 48.4 Å². The number of nitrogens with zero attached hydrogens (tertiary/aromatic N) is 7. The molecule has 6 rings (SSSR count).